The number of rotatable bonds is 6. The molecule has 106 valence electrons. The van der Waals surface area contributed by atoms with Gasteiger partial charge in [0.05, 0.1) is 6.10 Å². The highest BCUT2D eigenvalue weighted by molar-refractivity contribution is 6.29. The Morgan fingerprint density at radius 1 is 1.47 bits per heavy atom. The Balaban J connectivity index is 2.60. The van der Waals surface area contributed by atoms with Crippen LogP contribution in [0.2, 0.25) is 5.15 Å². The Hall–Kier alpha value is -1.33. The number of hydrogen-bond donors (Lipinski definition) is 3. The highest BCUT2D eigenvalue weighted by Crippen LogP contribution is 2.14. The van der Waals surface area contributed by atoms with Crippen molar-refractivity contribution in [3.8, 4) is 0 Å². The Morgan fingerprint density at radius 3 is 2.74 bits per heavy atom. The van der Waals surface area contributed by atoms with Gasteiger partial charge in [0.15, 0.2) is 0 Å². The summed E-state index contributed by atoms with van der Waals surface area (Å²) in [4.78, 5) is 16.0. The van der Waals surface area contributed by atoms with Gasteiger partial charge in [-0.05, 0) is 31.4 Å². The summed E-state index contributed by atoms with van der Waals surface area (Å²) in [6.07, 6.45) is 0.289. The average molecular weight is 286 g/mol. The van der Waals surface area contributed by atoms with Gasteiger partial charge in [0, 0.05) is 19.2 Å². The first-order valence-corrected chi connectivity index (χ1v) is 6.61. The van der Waals surface area contributed by atoms with E-state index in [0.29, 0.717) is 24.3 Å². The zero-order valence-corrected chi connectivity index (χ0v) is 12.2. The zero-order chi connectivity index (χ0) is 14.4. The Kier molecular flexibility index (Phi) is 6.05. The third-order valence-electron chi connectivity index (χ3n) is 2.67. The van der Waals surface area contributed by atoms with Crippen LogP contribution in [0.4, 0.5) is 5.82 Å². The molecule has 5 nitrogen and oxygen atoms in total. The number of nitrogens with zero attached hydrogens (tertiary/aromatic N) is 1. The predicted molar refractivity (Wildman–Crippen MR) is 76.6 cm³/mol. The van der Waals surface area contributed by atoms with Gasteiger partial charge in [-0.3, -0.25) is 4.79 Å². The molecule has 0 radical (unpaired) electrons. The van der Waals surface area contributed by atoms with E-state index in [1.54, 1.807) is 20.0 Å². The van der Waals surface area contributed by atoms with E-state index >= 15 is 0 Å². The van der Waals surface area contributed by atoms with Crippen LogP contribution in [-0.4, -0.2) is 35.7 Å². The van der Waals surface area contributed by atoms with E-state index < -0.39 is 0 Å². The number of carbonyl (C=O) groups excluding carboxylic acids is 1. The molecule has 0 bridgehead atoms. The number of halogens is 1. The number of aromatic nitrogens is 1. The topological polar surface area (TPSA) is 74.2 Å². The van der Waals surface area contributed by atoms with Crippen molar-refractivity contribution in [2.75, 3.05) is 18.9 Å². The lowest BCUT2D eigenvalue weighted by Gasteiger charge is -2.14. The summed E-state index contributed by atoms with van der Waals surface area (Å²) in [7, 11) is 1.71. The first kappa shape index (κ1) is 15.7. The van der Waals surface area contributed by atoms with E-state index in [4.69, 9.17) is 11.6 Å². The molecule has 0 fully saturated rings. The number of amides is 1. The van der Waals surface area contributed by atoms with Gasteiger partial charge in [-0.15, -0.1) is 0 Å². The highest BCUT2D eigenvalue weighted by Gasteiger charge is 2.11. The van der Waals surface area contributed by atoms with Crippen LogP contribution in [0.3, 0.4) is 0 Å². The summed E-state index contributed by atoms with van der Waals surface area (Å²) in [5.74, 6) is 0.568. The van der Waals surface area contributed by atoms with Crippen LogP contribution in [0.1, 0.15) is 30.6 Å². The third kappa shape index (κ3) is 5.44. The molecule has 6 heteroatoms. The first-order chi connectivity index (χ1) is 8.92. The second kappa shape index (κ2) is 7.31. The Bertz CT molecular complexity index is 438. The Morgan fingerprint density at radius 2 is 2.16 bits per heavy atom. The lowest BCUT2D eigenvalue weighted by molar-refractivity contribution is 0.0939. The van der Waals surface area contributed by atoms with E-state index in [-0.39, 0.29) is 23.1 Å². The van der Waals surface area contributed by atoms with Crippen LogP contribution in [0, 0.1) is 5.92 Å². The number of carbonyl (C=O) groups is 1. The van der Waals surface area contributed by atoms with Crippen molar-refractivity contribution in [3.05, 3.63) is 22.8 Å². The predicted octanol–water partition coefficient (Wildman–Crippen LogP) is 1.91. The van der Waals surface area contributed by atoms with Crippen molar-refractivity contribution < 1.29 is 9.90 Å². The van der Waals surface area contributed by atoms with Crippen LogP contribution in [-0.2, 0) is 0 Å². The lowest BCUT2D eigenvalue weighted by atomic mass is 10.0. The third-order valence-corrected chi connectivity index (χ3v) is 2.86. The summed E-state index contributed by atoms with van der Waals surface area (Å²) in [5.41, 5.74) is 0.466. The lowest BCUT2D eigenvalue weighted by Crippen LogP contribution is -2.29. The second-order valence-corrected chi connectivity index (χ2v) is 5.10. The number of anilines is 1. The molecule has 0 aliphatic heterocycles. The van der Waals surface area contributed by atoms with Crippen molar-refractivity contribution in [1.82, 2.24) is 10.3 Å². The van der Waals surface area contributed by atoms with Crippen LogP contribution in [0.5, 0.6) is 0 Å². The molecule has 0 aromatic carbocycles. The molecule has 0 spiro atoms. The fourth-order valence-electron chi connectivity index (χ4n) is 1.79. The highest BCUT2D eigenvalue weighted by atomic mass is 35.5. The smallest absolute Gasteiger partial charge is 0.251 e. The molecule has 0 saturated carbocycles. The summed E-state index contributed by atoms with van der Waals surface area (Å²) in [6, 6.07) is 3.16. The number of aliphatic hydroxyl groups is 1. The molecule has 0 saturated heterocycles. The number of hydrogen-bond acceptors (Lipinski definition) is 4. The monoisotopic (exact) mass is 285 g/mol. The van der Waals surface area contributed by atoms with E-state index in [1.807, 2.05) is 6.92 Å². The molecule has 2 atom stereocenters. The molecule has 0 aliphatic rings. The molecule has 0 aliphatic carbocycles. The molecule has 1 aromatic rings. The van der Waals surface area contributed by atoms with Gasteiger partial charge in [-0.2, -0.15) is 0 Å². The van der Waals surface area contributed by atoms with Gasteiger partial charge < -0.3 is 15.7 Å². The van der Waals surface area contributed by atoms with E-state index in [9.17, 15) is 9.90 Å². The van der Waals surface area contributed by atoms with E-state index in [0.717, 1.165) is 0 Å². The first-order valence-electron chi connectivity index (χ1n) is 6.24. The molecule has 1 heterocycles. The van der Waals surface area contributed by atoms with Crippen LogP contribution in [0.15, 0.2) is 12.1 Å². The molecule has 2 unspecified atom stereocenters. The standard InChI is InChI=1S/C13H20ClN3O2/c1-8(4-9(2)18)7-16-13(19)10-5-11(14)17-12(6-10)15-3/h5-6,8-9,18H,4,7H2,1-3H3,(H,15,17)(H,16,19). The van der Waals surface area contributed by atoms with Gasteiger partial charge in [0.2, 0.25) is 0 Å². The summed E-state index contributed by atoms with van der Waals surface area (Å²) >= 11 is 5.84. The minimum atomic E-state index is -0.363. The maximum atomic E-state index is 12.0. The van der Waals surface area contributed by atoms with Gasteiger partial charge in [0.25, 0.3) is 5.91 Å². The maximum absolute atomic E-state index is 12.0. The quantitative estimate of drug-likeness (QED) is 0.698. The molecule has 1 rings (SSSR count). The largest absolute Gasteiger partial charge is 0.393 e. The van der Waals surface area contributed by atoms with E-state index in [1.165, 1.54) is 6.07 Å². The zero-order valence-electron chi connectivity index (χ0n) is 11.4. The Labute approximate surface area is 118 Å². The van der Waals surface area contributed by atoms with Crippen LogP contribution >= 0.6 is 11.6 Å². The van der Waals surface area contributed by atoms with Gasteiger partial charge in [-0.1, -0.05) is 18.5 Å². The molecule has 3 N–H and O–H groups in total. The van der Waals surface area contributed by atoms with Gasteiger partial charge in [-0.25, -0.2) is 4.98 Å². The SMILES string of the molecule is CNc1cc(C(=O)NCC(C)CC(C)O)cc(Cl)n1. The molecular weight excluding hydrogens is 266 g/mol. The second-order valence-electron chi connectivity index (χ2n) is 4.71. The maximum Gasteiger partial charge on any atom is 0.251 e. The molecule has 19 heavy (non-hydrogen) atoms. The van der Waals surface area contributed by atoms with Crippen molar-refractivity contribution in [2.45, 2.75) is 26.4 Å². The average Bonchev–Trinajstić information content (AvgIpc) is 2.34. The van der Waals surface area contributed by atoms with Crippen molar-refractivity contribution in [2.24, 2.45) is 5.92 Å². The fraction of sp³-hybridized carbons (Fsp3) is 0.538. The molecule has 1 aromatic heterocycles. The summed E-state index contributed by atoms with van der Waals surface area (Å²) in [6.45, 7) is 4.23. The van der Waals surface area contributed by atoms with Gasteiger partial charge >= 0.3 is 0 Å². The number of pyridine rings is 1. The van der Waals surface area contributed by atoms with Crippen LogP contribution in [0.25, 0.3) is 0 Å². The summed E-state index contributed by atoms with van der Waals surface area (Å²) < 4.78 is 0. The number of nitrogens with one attached hydrogen (secondary N) is 2. The summed E-state index contributed by atoms with van der Waals surface area (Å²) in [5, 5.41) is 15.2. The fourth-order valence-corrected chi connectivity index (χ4v) is 2.00. The molecular formula is C13H20ClN3O2. The minimum Gasteiger partial charge on any atom is -0.393 e. The number of aliphatic hydroxyl groups excluding tert-OH is 1. The molecule has 1 amide bonds. The van der Waals surface area contributed by atoms with Crippen molar-refractivity contribution in [3.63, 3.8) is 0 Å². The van der Waals surface area contributed by atoms with E-state index in [2.05, 4.69) is 15.6 Å². The minimum absolute atomic E-state index is 0.196. The van der Waals surface area contributed by atoms with Crippen LogP contribution < -0.4 is 10.6 Å². The normalized spacial score (nSPS) is 13.7. The van der Waals surface area contributed by atoms with Gasteiger partial charge in [0.1, 0.15) is 11.0 Å². The van der Waals surface area contributed by atoms with Crippen molar-refractivity contribution >= 4 is 23.3 Å². The van der Waals surface area contributed by atoms with Crippen molar-refractivity contribution in [1.29, 1.82) is 0 Å².